The number of piperidine rings is 1. The van der Waals surface area contributed by atoms with Crippen LogP contribution in [0.15, 0.2) is 0 Å². The van der Waals surface area contributed by atoms with Gasteiger partial charge in [-0.05, 0) is 12.8 Å². The molecule has 0 radical (unpaired) electrons. The number of hydrogen-bond donors (Lipinski definition) is 1. The number of carbonyl (C=O) groups excluding carboxylic acids is 1. The Labute approximate surface area is 91.0 Å². The lowest BCUT2D eigenvalue weighted by atomic mass is 10.1. The van der Waals surface area contributed by atoms with Crippen molar-refractivity contribution < 1.29 is 18.0 Å². The lowest BCUT2D eigenvalue weighted by Crippen LogP contribution is -2.48. The molecule has 7 heteroatoms. The Morgan fingerprint density at radius 3 is 2.44 bits per heavy atom. The molecule has 1 rings (SSSR count). The first kappa shape index (κ1) is 12.8. The average Bonchev–Trinajstić information content (AvgIpc) is 2.20. The molecule has 1 fully saturated rings. The summed E-state index contributed by atoms with van der Waals surface area (Å²) in [6.07, 6.45) is -3.92. The average molecular weight is 235 g/mol. The SMILES string of the molecule is N#CCN1CCC(NC(=O)C(F)(F)F)CC1. The molecular weight excluding hydrogens is 223 g/mol. The van der Waals surface area contributed by atoms with Crippen LogP contribution in [0.5, 0.6) is 0 Å². The number of nitriles is 1. The Balaban J connectivity index is 2.33. The van der Waals surface area contributed by atoms with Gasteiger partial charge in [0.05, 0.1) is 12.6 Å². The maximum Gasteiger partial charge on any atom is 0.471 e. The Morgan fingerprint density at radius 1 is 1.44 bits per heavy atom. The molecule has 0 aromatic heterocycles. The summed E-state index contributed by atoms with van der Waals surface area (Å²) in [5, 5.41) is 10.4. The van der Waals surface area contributed by atoms with Gasteiger partial charge in [0.1, 0.15) is 0 Å². The lowest BCUT2D eigenvalue weighted by Gasteiger charge is -2.30. The van der Waals surface area contributed by atoms with Crippen LogP contribution in [0, 0.1) is 11.3 Å². The van der Waals surface area contributed by atoms with Crippen LogP contribution in [0.3, 0.4) is 0 Å². The van der Waals surface area contributed by atoms with Crippen molar-refractivity contribution in [1.82, 2.24) is 10.2 Å². The van der Waals surface area contributed by atoms with Gasteiger partial charge in [0.25, 0.3) is 0 Å². The summed E-state index contributed by atoms with van der Waals surface area (Å²) in [6.45, 7) is 1.35. The van der Waals surface area contributed by atoms with Crippen LogP contribution in [-0.2, 0) is 4.79 Å². The zero-order chi connectivity index (χ0) is 12.2. The van der Waals surface area contributed by atoms with E-state index in [-0.39, 0.29) is 6.54 Å². The first-order chi connectivity index (χ1) is 7.43. The van der Waals surface area contributed by atoms with Gasteiger partial charge in [-0.25, -0.2) is 0 Å². The van der Waals surface area contributed by atoms with Gasteiger partial charge in [0.2, 0.25) is 0 Å². The maximum absolute atomic E-state index is 11.9. The highest BCUT2D eigenvalue weighted by Gasteiger charge is 2.39. The standard InChI is InChI=1S/C9H12F3N3O/c10-9(11,12)8(16)14-7-1-4-15(5-2-7)6-3-13/h7H,1-2,4-6H2,(H,14,16). The monoisotopic (exact) mass is 235 g/mol. The summed E-state index contributed by atoms with van der Waals surface area (Å²) in [6, 6.07) is 1.54. The topological polar surface area (TPSA) is 56.1 Å². The second-order valence-electron chi connectivity index (χ2n) is 3.68. The van der Waals surface area contributed by atoms with Crippen LogP contribution in [0.1, 0.15) is 12.8 Å². The third-order valence-electron chi connectivity index (χ3n) is 2.47. The van der Waals surface area contributed by atoms with Crippen molar-refractivity contribution in [1.29, 1.82) is 5.26 Å². The first-order valence-corrected chi connectivity index (χ1v) is 4.90. The molecule has 1 N–H and O–H groups in total. The van der Waals surface area contributed by atoms with Gasteiger partial charge in [-0.2, -0.15) is 18.4 Å². The second-order valence-corrected chi connectivity index (χ2v) is 3.68. The quantitative estimate of drug-likeness (QED) is 0.715. The molecule has 4 nitrogen and oxygen atoms in total. The molecule has 1 saturated heterocycles. The zero-order valence-corrected chi connectivity index (χ0v) is 8.55. The van der Waals surface area contributed by atoms with Gasteiger partial charge < -0.3 is 5.32 Å². The van der Waals surface area contributed by atoms with Gasteiger partial charge in [-0.1, -0.05) is 0 Å². The molecule has 0 aromatic rings. The molecule has 0 unspecified atom stereocenters. The molecule has 16 heavy (non-hydrogen) atoms. The number of carbonyl (C=O) groups is 1. The fourth-order valence-electron chi connectivity index (χ4n) is 1.60. The molecule has 0 aliphatic carbocycles. The number of rotatable bonds is 2. The summed E-state index contributed by atoms with van der Waals surface area (Å²) >= 11 is 0. The number of nitrogens with one attached hydrogen (secondary N) is 1. The smallest absolute Gasteiger partial charge is 0.345 e. The molecule has 1 aliphatic heterocycles. The molecular formula is C9H12F3N3O. The van der Waals surface area contributed by atoms with Crippen LogP contribution in [-0.4, -0.2) is 42.7 Å². The van der Waals surface area contributed by atoms with E-state index in [1.54, 1.807) is 0 Å². The third-order valence-corrected chi connectivity index (χ3v) is 2.47. The number of alkyl halides is 3. The second kappa shape index (κ2) is 5.16. The predicted octanol–water partition coefficient (Wildman–Crippen LogP) is 0.653. The summed E-state index contributed by atoms with van der Waals surface area (Å²) in [5.41, 5.74) is 0. The fourth-order valence-corrected chi connectivity index (χ4v) is 1.60. The normalized spacial score (nSPS) is 19.1. The van der Waals surface area contributed by atoms with E-state index < -0.39 is 18.1 Å². The molecule has 0 bridgehead atoms. The van der Waals surface area contributed by atoms with Crippen molar-refractivity contribution in [2.75, 3.05) is 19.6 Å². The number of likely N-dealkylation sites (tertiary alicyclic amines) is 1. The number of nitrogens with zero attached hydrogens (tertiary/aromatic N) is 2. The first-order valence-electron chi connectivity index (χ1n) is 4.90. The van der Waals surface area contributed by atoms with Gasteiger partial charge in [0, 0.05) is 19.1 Å². The fraction of sp³-hybridized carbons (Fsp3) is 0.778. The minimum atomic E-state index is -4.82. The van der Waals surface area contributed by atoms with E-state index >= 15 is 0 Å². The molecule has 0 atom stereocenters. The van der Waals surface area contributed by atoms with Crippen molar-refractivity contribution in [2.24, 2.45) is 0 Å². The van der Waals surface area contributed by atoms with Crippen molar-refractivity contribution in [3.05, 3.63) is 0 Å². The maximum atomic E-state index is 11.9. The van der Waals surface area contributed by atoms with Crippen LogP contribution in [0.25, 0.3) is 0 Å². The summed E-state index contributed by atoms with van der Waals surface area (Å²) in [5.74, 6) is -1.88. The van der Waals surface area contributed by atoms with E-state index in [2.05, 4.69) is 0 Å². The van der Waals surface area contributed by atoms with Crippen LogP contribution < -0.4 is 5.32 Å². The third kappa shape index (κ3) is 3.70. The van der Waals surface area contributed by atoms with E-state index in [1.807, 2.05) is 16.3 Å². The lowest BCUT2D eigenvalue weighted by molar-refractivity contribution is -0.174. The van der Waals surface area contributed by atoms with E-state index in [0.717, 1.165) is 0 Å². The molecule has 90 valence electrons. The van der Waals surface area contributed by atoms with Crippen molar-refractivity contribution in [3.63, 3.8) is 0 Å². The molecule has 0 spiro atoms. The Morgan fingerprint density at radius 2 is 2.00 bits per heavy atom. The summed E-state index contributed by atoms with van der Waals surface area (Å²) in [4.78, 5) is 12.5. The van der Waals surface area contributed by atoms with Gasteiger partial charge in [-0.3, -0.25) is 9.69 Å². The minimum Gasteiger partial charge on any atom is -0.345 e. The highest BCUT2D eigenvalue weighted by atomic mass is 19.4. The number of halogens is 3. The van der Waals surface area contributed by atoms with Crippen LogP contribution >= 0.6 is 0 Å². The van der Waals surface area contributed by atoms with Crippen LogP contribution in [0.4, 0.5) is 13.2 Å². The van der Waals surface area contributed by atoms with Gasteiger partial charge in [-0.15, -0.1) is 0 Å². The van der Waals surface area contributed by atoms with Gasteiger partial charge >= 0.3 is 12.1 Å². The van der Waals surface area contributed by atoms with Gasteiger partial charge in [0.15, 0.2) is 0 Å². The Bertz CT molecular complexity index is 289. The number of amides is 1. The summed E-state index contributed by atoms with van der Waals surface area (Å²) in [7, 11) is 0. The number of hydrogen-bond acceptors (Lipinski definition) is 3. The molecule has 1 aliphatic rings. The Hall–Kier alpha value is -1.29. The van der Waals surface area contributed by atoms with Crippen molar-refractivity contribution in [2.45, 2.75) is 25.1 Å². The summed E-state index contributed by atoms with van der Waals surface area (Å²) < 4.78 is 35.8. The highest BCUT2D eigenvalue weighted by Crippen LogP contribution is 2.16. The molecule has 1 heterocycles. The van der Waals surface area contributed by atoms with Crippen molar-refractivity contribution in [3.8, 4) is 6.07 Å². The molecule has 0 saturated carbocycles. The Kier molecular flexibility index (Phi) is 4.12. The van der Waals surface area contributed by atoms with E-state index in [9.17, 15) is 18.0 Å². The highest BCUT2D eigenvalue weighted by molar-refractivity contribution is 5.81. The molecule has 1 amide bonds. The zero-order valence-electron chi connectivity index (χ0n) is 8.55. The van der Waals surface area contributed by atoms with E-state index in [1.165, 1.54) is 0 Å². The minimum absolute atomic E-state index is 0.278. The van der Waals surface area contributed by atoms with Crippen molar-refractivity contribution >= 4 is 5.91 Å². The van der Waals surface area contributed by atoms with E-state index in [0.29, 0.717) is 25.9 Å². The predicted molar refractivity (Wildman–Crippen MR) is 49.3 cm³/mol. The van der Waals surface area contributed by atoms with Crippen LogP contribution in [0.2, 0.25) is 0 Å². The van der Waals surface area contributed by atoms with E-state index in [4.69, 9.17) is 5.26 Å². The molecule has 0 aromatic carbocycles. The largest absolute Gasteiger partial charge is 0.471 e.